The van der Waals surface area contributed by atoms with Gasteiger partial charge in [-0.1, -0.05) is 0 Å². The number of rotatable bonds is 7. The Morgan fingerprint density at radius 2 is 1.94 bits per heavy atom. The SMILES string of the molecule is CCC[I-]N(CC)C(C)C([O][Sn])C(F)(F)F. The van der Waals surface area contributed by atoms with Gasteiger partial charge in [-0.3, -0.25) is 0 Å². The first kappa shape index (κ1) is 17.2. The molecule has 0 fully saturated rings. The summed E-state index contributed by atoms with van der Waals surface area (Å²) in [6, 6.07) is -0.566. The van der Waals surface area contributed by atoms with Gasteiger partial charge in [-0.15, -0.1) is 0 Å². The Labute approximate surface area is 120 Å². The molecule has 2 nitrogen and oxygen atoms in total. The summed E-state index contributed by atoms with van der Waals surface area (Å²) in [7, 11) is 0. The zero-order valence-corrected chi connectivity index (χ0v) is 14.7. The van der Waals surface area contributed by atoms with Gasteiger partial charge in [0.15, 0.2) is 0 Å². The second kappa shape index (κ2) is 8.36. The molecule has 0 aliphatic rings. The molecule has 0 aromatic carbocycles. The molecule has 0 aromatic rings. The molecule has 0 N–H and O–H groups in total. The third-order valence-corrected chi connectivity index (χ3v) is 6.78. The van der Waals surface area contributed by atoms with E-state index < -0.39 is 18.3 Å². The van der Waals surface area contributed by atoms with Crippen LogP contribution >= 0.6 is 0 Å². The molecule has 0 heterocycles. The van der Waals surface area contributed by atoms with Gasteiger partial charge < -0.3 is 0 Å². The predicted molar refractivity (Wildman–Crippen MR) is 53.7 cm³/mol. The zero-order valence-electron chi connectivity index (χ0n) is 9.64. The van der Waals surface area contributed by atoms with Crippen LogP contribution in [0.4, 0.5) is 13.2 Å². The van der Waals surface area contributed by atoms with Crippen LogP contribution in [-0.4, -0.2) is 55.3 Å². The molecular weight excluding hydrogens is 441 g/mol. The molecule has 2 atom stereocenters. The maximum atomic E-state index is 12.7. The molecule has 0 saturated carbocycles. The Kier molecular flexibility index (Phi) is 9.01. The summed E-state index contributed by atoms with van der Waals surface area (Å²) in [6.45, 7) is 6.24. The first-order chi connectivity index (χ1) is 7.38. The Balaban J connectivity index is 4.50. The van der Waals surface area contributed by atoms with Crippen LogP contribution in [0.5, 0.6) is 0 Å². The fourth-order valence-electron chi connectivity index (χ4n) is 1.26. The van der Waals surface area contributed by atoms with Crippen molar-refractivity contribution in [2.75, 3.05) is 11.0 Å². The second-order valence-electron chi connectivity index (χ2n) is 3.35. The normalized spacial score (nSPS) is 16.8. The van der Waals surface area contributed by atoms with Crippen molar-refractivity contribution >= 4 is 22.9 Å². The van der Waals surface area contributed by atoms with Crippen molar-refractivity contribution < 1.29 is 37.7 Å². The predicted octanol–water partition coefficient (Wildman–Crippen LogP) is -0.858. The molecule has 97 valence electrons. The minimum absolute atomic E-state index is 0.306. The third-order valence-electron chi connectivity index (χ3n) is 2.06. The number of halogens is 4. The van der Waals surface area contributed by atoms with E-state index in [9.17, 15) is 13.2 Å². The van der Waals surface area contributed by atoms with Gasteiger partial charge in [0, 0.05) is 0 Å². The van der Waals surface area contributed by atoms with Crippen LogP contribution in [0, 0.1) is 0 Å². The molecule has 7 heteroatoms. The van der Waals surface area contributed by atoms with E-state index in [1.54, 1.807) is 6.92 Å². The van der Waals surface area contributed by atoms with E-state index in [0.717, 1.165) is 10.8 Å². The van der Waals surface area contributed by atoms with Crippen molar-refractivity contribution in [1.29, 1.82) is 0 Å². The van der Waals surface area contributed by atoms with Gasteiger partial charge in [-0.25, -0.2) is 0 Å². The Morgan fingerprint density at radius 1 is 1.38 bits per heavy atom. The van der Waals surface area contributed by atoms with Crippen molar-refractivity contribution in [1.82, 2.24) is 3.11 Å². The summed E-state index contributed by atoms with van der Waals surface area (Å²) in [5.74, 6) is 0. The van der Waals surface area contributed by atoms with Crippen LogP contribution in [0.15, 0.2) is 0 Å². The van der Waals surface area contributed by atoms with E-state index in [1.807, 2.05) is 10.0 Å². The number of likely N-dealkylation sites (N-methyl/N-ethyl adjacent to an activating group) is 1. The van der Waals surface area contributed by atoms with Crippen LogP contribution < -0.4 is 21.5 Å². The zero-order chi connectivity index (χ0) is 12.8. The van der Waals surface area contributed by atoms with Crippen molar-refractivity contribution in [3.05, 3.63) is 0 Å². The van der Waals surface area contributed by atoms with Crippen LogP contribution in [0.1, 0.15) is 27.2 Å². The van der Waals surface area contributed by atoms with Gasteiger partial charge in [0.1, 0.15) is 0 Å². The summed E-state index contributed by atoms with van der Waals surface area (Å²) >= 11 is 0.168. The summed E-state index contributed by atoms with van der Waals surface area (Å²) in [5, 5.41) is 0. The van der Waals surface area contributed by atoms with Gasteiger partial charge in [0.05, 0.1) is 0 Å². The quantitative estimate of drug-likeness (QED) is 0.214. The number of hydrogen-bond acceptors (Lipinski definition) is 2. The van der Waals surface area contributed by atoms with E-state index >= 15 is 0 Å². The van der Waals surface area contributed by atoms with Gasteiger partial charge in [-0.2, -0.15) is 0 Å². The fourth-order valence-corrected chi connectivity index (χ4v) is 4.70. The molecular formula is C9H17F3INOSn-. The average molecular weight is 458 g/mol. The molecule has 2 unspecified atom stereocenters. The van der Waals surface area contributed by atoms with E-state index in [-0.39, 0.29) is 21.5 Å². The molecule has 0 spiro atoms. The molecule has 0 aliphatic carbocycles. The van der Waals surface area contributed by atoms with E-state index in [1.165, 1.54) is 0 Å². The fraction of sp³-hybridized carbons (Fsp3) is 1.00. The Morgan fingerprint density at radius 3 is 2.25 bits per heavy atom. The Hall–Kier alpha value is 1.24. The molecule has 0 rings (SSSR count). The first-order valence-electron chi connectivity index (χ1n) is 5.13. The summed E-state index contributed by atoms with van der Waals surface area (Å²) < 4.78 is 45.6. The Bertz CT molecular complexity index is 194. The molecule has 16 heavy (non-hydrogen) atoms. The molecule has 3 radical (unpaired) electrons. The topological polar surface area (TPSA) is 12.5 Å². The number of alkyl halides is 4. The molecule has 0 amide bonds. The molecule has 0 aromatic heterocycles. The van der Waals surface area contributed by atoms with Crippen LogP contribution in [0.25, 0.3) is 0 Å². The first-order valence-corrected chi connectivity index (χ1v) is 8.79. The molecule has 0 bridgehead atoms. The van der Waals surface area contributed by atoms with Gasteiger partial charge in [0.2, 0.25) is 0 Å². The van der Waals surface area contributed by atoms with Crippen molar-refractivity contribution in [3.8, 4) is 0 Å². The third kappa shape index (κ3) is 5.72. The summed E-state index contributed by atoms with van der Waals surface area (Å²) in [6.07, 6.45) is -4.86. The van der Waals surface area contributed by atoms with Crippen LogP contribution in [-0.2, 0) is 3.07 Å². The van der Waals surface area contributed by atoms with Gasteiger partial charge >= 0.3 is 120 Å². The van der Waals surface area contributed by atoms with Gasteiger partial charge in [0.25, 0.3) is 0 Å². The van der Waals surface area contributed by atoms with E-state index in [2.05, 4.69) is 10.00 Å². The second-order valence-corrected chi connectivity index (χ2v) is 7.02. The average Bonchev–Trinajstić information content (AvgIpc) is 2.17. The van der Waals surface area contributed by atoms with Gasteiger partial charge in [-0.05, 0) is 0 Å². The maximum absolute atomic E-state index is 12.7. The van der Waals surface area contributed by atoms with Crippen LogP contribution in [0.3, 0.4) is 0 Å². The monoisotopic (exact) mass is 459 g/mol. The van der Waals surface area contributed by atoms with E-state index in [0.29, 0.717) is 29.5 Å². The van der Waals surface area contributed by atoms with Crippen LogP contribution in [0.2, 0.25) is 0 Å². The molecule has 0 aliphatic heterocycles. The minimum atomic E-state index is -4.26. The number of hydrogen-bond donors (Lipinski definition) is 0. The van der Waals surface area contributed by atoms with E-state index in [4.69, 9.17) is 0 Å². The summed E-state index contributed by atoms with van der Waals surface area (Å²) in [5.41, 5.74) is 0. The standard InChI is InChI=1S/C9H17F3INO.Sn/c1-4-6-13-14(5-2)7(3)8(15)9(10,11)12;/h7-8H,4-6H2,1-3H3;/q-2;+1. The molecule has 0 saturated heterocycles. The summed E-state index contributed by atoms with van der Waals surface area (Å²) in [4.78, 5) is 0. The van der Waals surface area contributed by atoms with Crippen molar-refractivity contribution in [2.24, 2.45) is 0 Å². The number of nitrogens with zero attached hydrogens (tertiary/aromatic N) is 1. The van der Waals surface area contributed by atoms with Crippen molar-refractivity contribution in [3.63, 3.8) is 0 Å². The van der Waals surface area contributed by atoms with Crippen molar-refractivity contribution in [2.45, 2.75) is 45.5 Å².